The Morgan fingerprint density at radius 1 is 1.07 bits per heavy atom. The van der Waals surface area contributed by atoms with Crippen molar-refractivity contribution in [1.29, 1.82) is 0 Å². The zero-order chi connectivity index (χ0) is 19.9. The fraction of sp³-hybridized carbons (Fsp3) is 0.158. The molecule has 0 fully saturated rings. The second-order valence-electron chi connectivity index (χ2n) is 5.63. The largest absolute Gasteiger partial charge is 0.497 e. The molecule has 1 aromatic heterocycles. The molecule has 1 heterocycles. The molecule has 0 atom stereocenters. The van der Waals surface area contributed by atoms with Crippen LogP contribution in [0.1, 0.15) is 16.8 Å². The predicted octanol–water partition coefficient (Wildman–Crippen LogP) is 3.56. The molecule has 0 unspecified atom stereocenters. The van der Waals surface area contributed by atoms with Crippen LogP contribution in [0.5, 0.6) is 5.75 Å². The fourth-order valence-corrected chi connectivity index (χ4v) is 2.55. The number of hydrogen-bond acceptors (Lipinski definition) is 6. The van der Waals surface area contributed by atoms with Crippen LogP contribution in [0.15, 0.2) is 52.9 Å². The van der Waals surface area contributed by atoms with Crippen LogP contribution in [-0.4, -0.2) is 35.0 Å². The lowest BCUT2D eigenvalue weighted by molar-refractivity contribution is -0.115. The van der Waals surface area contributed by atoms with Crippen LogP contribution in [0.25, 0.3) is 11.5 Å². The van der Waals surface area contributed by atoms with Crippen molar-refractivity contribution in [2.75, 3.05) is 23.6 Å². The highest BCUT2D eigenvalue weighted by molar-refractivity contribution is 6.19. The summed E-state index contributed by atoms with van der Waals surface area (Å²) < 4.78 is 10.6. The number of benzene rings is 2. The summed E-state index contributed by atoms with van der Waals surface area (Å²) in [5.74, 6) is 0.365. The standard InChI is InChI=1S/C19H17ClN4O4/c1-27-13-8-6-12(7-9-13)18-23-24-19(28-18)22-17(26)14-4-2-3-5-15(14)21-16(25)10-11-20/h2-9H,10-11H2,1H3,(H,21,25)(H,22,24,26). The molecule has 0 aliphatic heterocycles. The molecular weight excluding hydrogens is 384 g/mol. The highest BCUT2D eigenvalue weighted by Crippen LogP contribution is 2.23. The monoisotopic (exact) mass is 400 g/mol. The van der Waals surface area contributed by atoms with Crippen molar-refractivity contribution >= 4 is 35.1 Å². The van der Waals surface area contributed by atoms with E-state index in [-0.39, 0.29) is 35.7 Å². The van der Waals surface area contributed by atoms with Crippen LogP contribution in [0.4, 0.5) is 11.7 Å². The lowest BCUT2D eigenvalue weighted by Crippen LogP contribution is -2.18. The van der Waals surface area contributed by atoms with Crippen molar-refractivity contribution in [3.63, 3.8) is 0 Å². The molecule has 0 saturated heterocycles. The fourth-order valence-electron chi connectivity index (χ4n) is 2.38. The zero-order valence-electron chi connectivity index (χ0n) is 14.9. The number of nitrogens with one attached hydrogen (secondary N) is 2. The maximum Gasteiger partial charge on any atom is 0.322 e. The topological polar surface area (TPSA) is 106 Å². The third kappa shape index (κ3) is 4.66. The van der Waals surface area contributed by atoms with Crippen LogP contribution < -0.4 is 15.4 Å². The summed E-state index contributed by atoms with van der Waals surface area (Å²) in [6, 6.07) is 13.6. The molecule has 2 aromatic carbocycles. The molecular formula is C19H17ClN4O4. The molecule has 8 nitrogen and oxygen atoms in total. The van der Waals surface area contributed by atoms with Gasteiger partial charge < -0.3 is 14.5 Å². The van der Waals surface area contributed by atoms with Crippen molar-refractivity contribution in [3.05, 3.63) is 54.1 Å². The van der Waals surface area contributed by atoms with E-state index in [9.17, 15) is 9.59 Å². The third-order valence-electron chi connectivity index (χ3n) is 3.75. The van der Waals surface area contributed by atoms with E-state index in [2.05, 4.69) is 20.8 Å². The summed E-state index contributed by atoms with van der Waals surface area (Å²) in [5.41, 5.74) is 1.31. The first kappa shape index (κ1) is 19.4. The Hall–Kier alpha value is -3.39. The third-order valence-corrected chi connectivity index (χ3v) is 3.94. The second-order valence-corrected chi connectivity index (χ2v) is 6.01. The van der Waals surface area contributed by atoms with Gasteiger partial charge in [0.05, 0.1) is 18.4 Å². The summed E-state index contributed by atoms with van der Waals surface area (Å²) in [5, 5.41) is 13.0. The number of para-hydroxylation sites is 1. The highest BCUT2D eigenvalue weighted by atomic mass is 35.5. The van der Waals surface area contributed by atoms with E-state index in [1.54, 1.807) is 55.6 Å². The molecule has 2 N–H and O–H groups in total. The smallest absolute Gasteiger partial charge is 0.322 e. The van der Waals surface area contributed by atoms with Gasteiger partial charge in [0.2, 0.25) is 11.8 Å². The van der Waals surface area contributed by atoms with Crippen LogP contribution in [0.3, 0.4) is 0 Å². The Kier molecular flexibility index (Phi) is 6.23. The van der Waals surface area contributed by atoms with Gasteiger partial charge in [-0.1, -0.05) is 17.2 Å². The van der Waals surface area contributed by atoms with Crippen LogP contribution in [-0.2, 0) is 4.79 Å². The Labute approximate surface area is 165 Å². The first-order valence-electron chi connectivity index (χ1n) is 8.35. The first-order valence-corrected chi connectivity index (χ1v) is 8.88. The molecule has 2 amide bonds. The number of hydrogen-bond donors (Lipinski definition) is 2. The summed E-state index contributed by atoms with van der Waals surface area (Å²) in [4.78, 5) is 24.3. The molecule has 0 spiro atoms. The minimum atomic E-state index is -0.494. The van der Waals surface area contributed by atoms with Gasteiger partial charge in [-0.15, -0.1) is 16.7 Å². The van der Waals surface area contributed by atoms with Gasteiger partial charge in [-0.3, -0.25) is 14.9 Å². The number of methoxy groups -OCH3 is 1. The maximum absolute atomic E-state index is 12.6. The average Bonchev–Trinajstić information content (AvgIpc) is 3.17. The molecule has 0 radical (unpaired) electrons. The summed E-state index contributed by atoms with van der Waals surface area (Å²) in [7, 11) is 1.57. The van der Waals surface area contributed by atoms with E-state index in [4.69, 9.17) is 20.8 Å². The zero-order valence-corrected chi connectivity index (χ0v) is 15.7. The van der Waals surface area contributed by atoms with Gasteiger partial charge in [0.25, 0.3) is 5.91 Å². The molecule has 3 rings (SSSR count). The predicted molar refractivity (Wildman–Crippen MR) is 105 cm³/mol. The number of amides is 2. The number of ether oxygens (including phenoxy) is 1. The van der Waals surface area contributed by atoms with Crippen molar-refractivity contribution < 1.29 is 18.7 Å². The maximum atomic E-state index is 12.6. The molecule has 0 aliphatic carbocycles. The Morgan fingerprint density at radius 2 is 1.82 bits per heavy atom. The van der Waals surface area contributed by atoms with Crippen molar-refractivity contribution in [1.82, 2.24) is 10.2 Å². The number of carbonyl (C=O) groups excluding carboxylic acids is 2. The summed E-state index contributed by atoms with van der Waals surface area (Å²) in [6.45, 7) is 0. The molecule has 0 aliphatic rings. The van der Waals surface area contributed by atoms with E-state index in [0.717, 1.165) is 0 Å². The van der Waals surface area contributed by atoms with Crippen LogP contribution >= 0.6 is 11.6 Å². The van der Waals surface area contributed by atoms with Gasteiger partial charge in [0.1, 0.15) is 5.75 Å². The van der Waals surface area contributed by atoms with Gasteiger partial charge in [-0.2, -0.15) is 0 Å². The van der Waals surface area contributed by atoms with Crippen molar-refractivity contribution in [3.8, 4) is 17.2 Å². The molecule has 144 valence electrons. The van der Waals surface area contributed by atoms with Crippen molar-refractivity contribution in [2.24, 2.45) is 0 Å². The van der Waals surface area contributed by atoms with E-state index in [1.807, 2.05) is 0 Å². The van der Waals surface area contributed by atoms with Gasteiger partial charge >= 0.3 is 6.01 Å². The van der Waals surface area contributed by atoms with E-state index >= 15 is 0 Å². The Morgan fingerprint density at radius 3 is 2.54 bits per heavy atom. The molecule has 3 aromatic rings. The van der Waals surface area contributed by atoms with Crippen molar-refractivity contribution in [2.45, 2.75) is 6.42 Å². The normalized spacial score (nSPS) is 10.4. The summed E-state index contributed by atoms with van der Waals surface area (Å²) in [6.07, 6.45) is 0.145. The average molecular weight is 401 g/mol. The van der Waals surface area contributed by atoms with Gasteiger partial charge in [-0.25, -0.2) is 0 Å². The van der Waals surface area contributed by atoms with Crippen LogP contribution in [0, 0.1) is 0 Å². The molecule has 9 heteroatoms. The number of aromatic nitrogens is 2. The molecule has 28 heavy (non-hydrogen) atoms. The number of carbonyl (C=O) groups is 2. The minimum Gasteiger partial charge on any atom is -0.497 e. The first-order chi connectivity index (χ1) is 13.6. The highest BCUT2D eigenvalue weighted by Gasteiger charge is 2.16. The second kappa shape index (κ2) is 9.01. The van der Waals surface area contributed by atoms with Crippen LogP contribution in [0.2, 0.25) is 0 Å². The minimum absolute atomic E-state index is 0.0577. The van der Waals surface area contributed by atoms with E-state index < -0.39 is 5.91 Å². The van der Waals surface area contributed by atoms with E-state index in [1.165, 1.54) is 0 Å². The van der Waals surface area contributed by atoms with E-state index in [0.29, 0.717) is 17.0 Å². The summed E-state index contributed by atoms with van der Waals surface area (Å²) >= 11 is 5.57. The Bertz CT molecular complexity index is 972. The number of halogens is 1. The molecule has 0 saturated carbocycles. The Balaban J connectivity index is 1.73. The quantitative estimate of drug-likeness (QED) is 0.587. The number of nitrogens with zero attached hydrogens (tertiary/aromatic N) is 2. The van der Waals surface area contributed by atoms with Gasteiger partial charge in [0, 0.05) is 17.9 Å². The lowest BCUT2D eigenvalue weighted by atomic mass is 10.1. The van der Waals surface area contributed by atoms with Gasteiger partial charge in [0.15, 0.2) is 0 Å². The number of rotatable bonds is 7. The number of alkyl halides is 1. The number of anilines is 2. The lowest BCUT2D eigenvalue weighted by Gasteiger charge is -2.09. The molecule has 0 bridgehead atoms. The SMILES string of the molecule is COc1ccc(-c2nnc(NC(=O)c3ccccc3NC(=O)CCCl)o2)cc1. The van der Waals surface area contributed by atoms with Gasteiger partial charge in [-0.05, 0) is 36.4 Å².